The van der Waals surface area contributed by atoms with Crippen molar-refractivity contribution in [1.82, 2.24) is 9.78 Å². The normalized spacial score (nSPS) is 12.7. The standard InChI is InChI=1S/C11H9BrF3N3O2S/c1-6-9(12)10(11(13,14)15)17-18(6)7-2-4-8(5-3-7)21(16,19)20/h2-5H,1H3,(H2,16,19,20). The van der Waals surface area contributed by atoms with E-state index in [0.29, 0.717) is 0 Å². The summed E-state index contributed by atoms with van der Waals surface area (Å²) < 4.78 is 61.5. The van der Waals surface area contributed by atoms with Gasteiger partial charge in [-0.25, -0.2) is 18.2 Å². The maximum absolute atomic E-state index is 12.8. The van der Waals surface area contributed by atoms with Crippen molar-refractivity contribution in [3.63, 3.8) is 0 Å². The summed E-state index contributed by atoms with van der Waals surface area (Å²) >= 11 is 2.86. The summed E-state index contributed by atoms with van der Waals surface area (Å²) in [5, 5.41) is 8.46. The number of nitrogens with zero attached hydrogens (tertiary/aromatic N) is 2. The number of benzene rings is 1. The molecule has 0 fully saturated rings. The molecular weight excluding hydrogens is 375 g/mol. The lowest BCUT2D eigenvalue weighted by Gasteiger charge is -2.05. The van der Waals surface area contributed by atoms with Crippen LogP contribution >= 0.6 is 15.9 Å². The van der Waals surface area contributed by atoms with Gasteiger partial charge >= 0.3 is 6.18 Å². The van der Waals surface area contributed by atoms with Crippen LogP contribution in [-0.4, -0.2) is 18.2 Å². The second kappa shape index (κ2) is 5.11. The van der Waals surface area contributed by atoms with E-state index in [1.807, 2.05) is 0 Å². The van der Waals surface area contributed by atoms with Gasteiger partial charge in [0.25, 0.3) is 0 Å². The highest BCUT2D eigenvalue weighted by molar-refractivity contribution is 9.10. The molecule has 2 N–H and O–H groups in total. The van der Waals surface area contributed by atoms with Crippen LogP contribution in [0.1, 0.15) is 11.4 Å². The zero-order valence-corrected chi connectivity index (χ0v) is 12.9. The van der Waals surface area contributed by atoms with E-state index in [9.17, 15) is 21.6 Å². The van der Waals surface area contributed by atoms with Gasteiger partial charge < -0.3 is 0 Å². The third-order valence-corrected chi connectivity index (χ3v) is 4.60. The summed E-state index contributed by atoms with van der Waals surface area (Å²) in [5.74, 6) is 0. The summed E-state index contributed by atoms with van der Waals surface area (Å²) in [6, 6.07) is 5.05. The van der Waals surface area contributed by atoms with Crippen LogP contribution in [0.2, 0.25) is 0 Å². The minimum Gasteiger partial charge on any atom is -0.236 e. The Bertz CT molecular complexity index is 782. The lowest BCUT2D eigenvalue weighted by Crippen LogP contribution is -2.12. The van der Waals surface area contributed by atoms with Gasteiger partial charge in [0, 0.05) is 0 Å². The molecule has 0 amide bonds. The molecule has 0 spiro atoms. The van der Waals surface area contributed by atoms with Crippen molar-refractivity contribution >= 4 is 26.0 Å². The molecule has 0 saturated carbocycles. The summed E-state index contributed by atoms with van der Waals surface area (Å²) in [4.78, 5) is -0.133. The second-order valence-electron chi connectivity index (χ2n) is 4.20. The largest absolute Gasteiger partial charge is 0.436 e. The highest BCUT2D eigenvalue weighted by Gasteiger charge is 2.38. The minimum absolute atomic E-state index is 0.133. The van der Waals surface area contributed by atoms with E-state index in [1.165, 1.54) is 31.2 Å². The van der Waals surface area contributed by atoms with Crippen molar-refractivity contribution in [1.29, 1.82) is 0 Å². The summed E-state index contributed by atoms with van der Waals surface area (Å²) in [6.07, 6.45) is -4.59. The third kappa shape index (κ3) is 3.11. The SMILES string of the molecule is Cc1c(Br)c(C(F)(F)F)nn1-c1ccc(S(N)(=O)=O)cc1. The monoisotopic (exact) mass is 383 g/mol. The maximum Gasteiger partial charge on any atom is 0.436 e. The first kappa shape index (κ1) is 16.0. The van der Waals surface area contributed by atoms with Gasteiger partial charge in [0.15, 0.2) is 5.69 Å². The number of rotatable bonds is 2. The Morgan fingerprint density at radius 3 is 2.14 bits per heavy atom. The van der Waals surface area contributed by atoms with Crippen LogP contribution in [0.3, 0.4) is 0 Å². The van der Waals surface area contributed by atoms with Crippen molar-refractivity contribution in [2.75, 3.05) is 0 Å². The van der Waals surface area contributed by atoms with Crippen LogP contribution in [0.15, 0.2) is 33.6 Å². The van der Waals surface area contributed by atoms with E-state index in [2.05, 4.69) is 21.0 Å². The van der Waals surface area contributed by atoms with E-state index in [1.54, 1.807) is 0 Å². The first-order valence-electron chi connectivity index (χ1n) is 5.47. The smallest absolute Gasteiger partial charge is 0.236 e. The average molecular weight is 384 g/mol. The van der Waals surface area contributed by atoms with Crippen LogP contribution in [0.4, 0.5) is 13.2 Å². The number of aromatic nitrogens is 2. The van der Waals surface area contributed by atoms with Crippen molar-refractivity contribution in [3.8, 4) is 5.69 Å². The first-order chi connectivity index (χ1) is 9.51. The number of sulfonamides is 1. The Labute approximate surface area is 126 Å². The molecule has 5 nitrogen and oxygen atoms in total. The zero-order valence-electron chi connectivity index (χ0n) is 10.5. The number of nitrogens with two attached hydrogens (primary N) is 1. The Morgan fingerprint density at radius 1 is 1.24 bits per heavy atom. The van der Waals surface area contributed by atoms with E-state index >= 15 is 0 Å². The van der Waals surface area contributed by atoms with E-state index in [4.69, 9.17) is 5.14 Å². The van der Waals surface area contributed by atoms with Gasteiger partial charge in [-0.2, -0.15) is 18.3 Å². The molecule has 1 aromatic carbocycles. The number of halogens is 4. The number of alkyl halides is 3. The second-order valence-corrected chi connectivity index (χ2v) is 6.55. The van der Waals surface area contributed by atoms with Crippen molar-refractivity contribution in [2.24, 2.45) is 5.14 Å². The summed E-state index contributed by atoms with van der Waals surface area (Å²) in [6.45, 7) is 1.46. The van der Waals surface area contributed by atoms with Gasteiger partial charge in [-0.15, -0.1) is 0 Å². The molecule has 10 heteroatoms. The molecule has 21 heavy (non-hydrogen) atoms. The van der Waals surface area contributed by atoms with E-state index < -0.39 is 21.9 Å². The van der Waals surface area contributed by atoms with Crippen LogP contribution in [-0.2, 0) is 16.2 Å². The predicted octanol–water partition coefficient (Wildman–Crippen LogP) is 2.61. The topological polar surface area (TPSA) is 78.0 Å². The molecule has 114 valence electrons. The molecule has 2 rings (SSSR count). The highest BCUT2D eigenvalue weighted by Crippen LogP contribution is 2.36. The summed E-state index contributed by atoms with van der Waals surface area (Å²) in [5.41, 5.74) is -0.516. The Morgan fingerprint density at radius 2 is 1.76 bits per heavy atom. The van der Waals surface area contributed by atoms with Crippen LogP contribution in [0.25, 0.3) is 5.69 Å². The molecule has 1 heterocycles. The quantitative estimate of drug-likeness (QED) is 0.865. The number of hydrogen-bond donors (Lipinski definition) is 1. The lowest BCUT2D eigenvalue weighted by molar-refractivity contribution is -0.141. The molecule has 0 unspecified atom stereocenters. The van der Waals surface area contributed by atoms with Crippen LogP contribution in [0, 0.1) is 6.92 Å². The van der Waals surface area contributed by atoms with Gasteiger partial charge in [0.2, 0.25) is 10.0 Å². The number of hydrogen-bond acceptors (Lipinski definition) is 3. The summed E-state index contributed by atoms with van der Waals surface area (Å²) in [7, 11) is -3.86. The van der Waals surface area contributed by atoms with E-state index in [0.717, 1.165) is 4.68 Å². The van der Waals surface area contributed by atoms with Gasteiger partial charge in [-0.3, -0.25) is 0 Å². The van der Waals surface area contributed by atoms with Gasteiger partial charge in [0.05, 0.1) is 20.7 Å². The van der Waals surface area contributed by atoms with Crippen molar-refractivity contribution in [2.45, 2.75) is 18.0 Å². The van der Waals surface area contributed by atoms with Crippen LogP contribution in [0.5, 0.6) is 0 Å². The molecule has 0 saturated heterocycles. The van der Waals surface area contributed by atoms with Crippen LogP contribution < -0.4 is 5.14 Å². The fourth-order valence-corrected chi connectivity index (χ4v) is 2.68. The lowest BCUT2D eigenvalue weighted by atomic mass is 10.3. The van der Waals surface area contributed by atoms with E-state index in [-0.39, 0.29) is 20.7 Å². The van der Waals surface area contributed by atoms with Gasteiger partial charge in [0.1, 0.15) is 0 Å². The van der Waals surface area contributed by atoms with Gasteiger partial charge in [-0.05, 0) is 47.1 Å². The molecule has 0 aliphatic heterocycles. The molecule has 0 radical (unpaired) electrons. The number of primary sulfonamides is 1. The van der Waals surface area contributed by atoms with Crippen molar-refractivity contribution in [3.05, 3.63) is 40.1 Å². The molecule has 0 aliphatic carbocycles. The Kier molecular flexibility index (Phi) is 3.89. The zero-order chi connectivity index (χ0) is 16.0. The first-order valence-corrected chi connectivity index (χ1v) is 7.81. The predicted molar refractivity (Wildman–Crippen MR) is 72.4 cm³/mol. The fraction of sp³-hybridized carbons (Fsp3) is 0.182. The Balaban J connectivity index is 2.53. The maximum atomic E-state index is 12.8. The molecule has 2 aromatic rings. The highest BCUT2D eigenvalue weighted by atomic mass is 79.9. The minimum atomic E-state index is -4.59. The molecule has 1 aromatic heterocycles. The van der Waals surface area contributed by atoms with Crippen molar-refractivity contribution < 1.29 is 21.6 Å². The molecule has 0 bridgehead atoms. The molecule has 0 atom stereocenters. The fourth-order valence-electron chi connectivity index (χ4n) is 1.69. The molecular formula is C11H9BrF3N3O2S. The average Bonchev–Trinajstić information content (AvgIpc) is 2.65. The van der Waals surface area contributed by atoms with Gasteiger partial charge in [-0.1, -0.05) is 0 Å². The Hall–Kier alpha value is -1.39. The molecule has 0 aliphatic rings. The third-order valence-electron chi connectivity index (χ3n) is 2.72.